The van der Waals surface area contributed by atoms with Crippen LogP contribution in [0.1, 0.15) is 12.8 Å². The number of nitrogens with two attached hydrogens (primary N) is 1. The number of piperazine rings is 2. The molecule has 194 valence electrons. The van der Waals surface area contributed by atoms with Gasteiger partial charge in [-0.25, -0.2) is 4.98 Å². The van der Waals surface area contributed by atoms with Crippen molar-refractivity contribution in [2.45, 2.75) is 24.9 Å². The van der Waals surface area contributed by atoms with Crippen LogP contribution in [0.25, 0.3) is 11.3 Å². The first kappa shape index (κ1) is 23.7. The van der Waals surface area contributed by atoms with Crippen molar-refractivity contribution >= 4 is 17.5 Å². The van der Waals surface area contributed by atoms with Crippen molar-refractivity contribution in [1.82, 2.24) is 30.4 Å². The molecule has 2 bridgehead atoms. The molecule has 2 atom stereocenters. The molecule has 37 heavy (non-hydrogen) atoms. The molecule has 0 saturated carbocycles. The molecule has 2 aromatic heterocycles. The topological polar surface area (TPSA) is 129 Å². The van der Waals surface area contributed by atoms with Crippen LogP contribution in [0.2, 0.25) is 0 Å². The highest BCUT2D eigenvalue weighted by molar-refractivity contribution is 5.74. The van der Waals surface area contributed by atoms with Crippen LogP contribution < -0.4 is 25.6 Å². The van der Waals surface area contributed by atoms with E-state index >= 15 is 0 Å². The third-order valence-electron chi connectivity index (χ3n) is 7.52. The van der Waals surface area contributed by atoms with Crippen molar-refractivity contribution in [3.8, 4) is 22.9 Å². The van der Waals surface area contributed by atoms with E-state index in [1.165, 1.54) is 0 Å². The molecule has 5 heterocycles. The van der Waals surface area contributed by atoms with E-state index in [1.807, 2.05) is 24.3 Å². The minimum Gasteiger partial charge on any atom is -0.507 e. The van der Waals surface area contributed by atoms with Gasteiger partial charge in [-0.1, -0.05) is 12.1 Å². The molecule has 4 N–H and O–H groups in total. The average Bonchev–Trinajstić information content (AvgIpc) is 3.19. The number of nitrogens with zero attached hydrogens (tertiary/aromatic N) is 7. The summed E-state index contributed by atoms with van der Waals surface area (Å²) in [6, 6.07) is 11.4. The molecule has 3 aliphatic rings. The van der Waals surface area contributed by atoms with Crippen LogP contribution in [0, 0.1) is 0 Å². The zero-order valence-electron chi connectivity index (χ0n) is 20.8. The summed E-state index contributed by atoms with van der Waals surface area (Å²) in [7, 11) is 0. The number of hydrogen-bond donors (Lipinski definition) is 3. The number of aromatic hydroxyl groups is 1. The van der Waals surface area contributed by atoms with E-state index in [1.54, 1.807) is 18.3 Å². The summed E-state index contributed by atoms with van der Waals surface area (Å²) in [5, 5.41) is 22.1. The fourth-order valence-electron chi connectivity index (χ4n) is 5.64. The number of hydrogen-bond acceptors (Lipinski definition) is 11. The lowest BCUT2D eigenvalue weighted by Gasteiger charge is -2.42. The smallest absolute Gasteiger partial charge is 0.229 e. The van der Waals surface area contributed by atoms with Gasteiger partial charge in [0.1, 0.15) is 12.4 Å². The Kier molecular flexibility index (Phi) is 6.62. The first-order valence-electron chi connectivity index (χ1n) is 13.0. The molecular weight excluding hydrogens is 470 g/mol. The predicted octanol–water partition coefficient (Wildman–Crippen LogP) is 1.36. The highest BCUT2D eigenvalue weighted by Crippen LogP contribution is 2.38. The molecule has 1 aromatic carbocycles. The molecule has 6 rings (SSSR count). The number of benzene rings is 1. The molecular formula is C26H33N9O2. The van der Waals surface area contributed by atoms with Crippen molar-refractivity contribution in [3.63, 3.8) is 0 Å². The van der Waals surface area contributed by atoms with Gasteiger partial charge in [-0.05, 0) is 31.0 Å². The van der Waals surface area contributed by atoms with Crippen molar-refractivity contribution in [2.24, 2.45) is 0 Å². The van der Waals surface area contributed by atoms with Gasteiger partial charge in [0.2, 0.25) is 11.8 Å². The number of rotatable bonds is 7. The molecule has 3 aromatic rings. The van der Waals surface area contributed by atoms with Gasteiger partial charge in [0.25, 0.3) is 0 Å². The summed E-state index contributed by atoms with van der Waals surface area (Å²) in [6.07, 6.45) is 3.91. The quantitative estimate of drug-likeness (QED) is 0.432. The molecule has 0 spiro atoms. The molecule has 0 amide bonds. The second-order valence-corrected chi connectivity index (χ2v) is 9.85. The number of phenols is 1. The zero-order valence-corrected chi connectivity index (χ0v) is 20.8. The van der Waals surface area contributed by atoms with Gasteiger partial charge in [0.15, 0.2) is 5.82 Å². The Balaban J connectivity index is 1.15. The second-order valence-electron chi connectivity index (χ2n) is 9.85. The van der Waals surface area contributed by atoms with Crippen LogP contribution in [-0.4, -0.2) is 94.7 Å². The standard InChI is InChI=1S/C26H33N9O2/c27-25-22(15-21(31-32-25)20-3-1-2-4-23(20)36)34-16-18-5-6-19(17-34)35(18)26-29-8-7-24(30-26)37-14-13-33-11-9-28-10-12-33/h1-4,7-8,15,18-19,28,36H,5-6,9-14,16-17H2,(H2,27,32). The fourth-order valence-corrected chi connectivity index (χ4v) is 5.64. The maximum atomic E-state index is 10.3. The van der Waals surface area contributed by atoms with Gasteiger partial charge < -0.3 is 30.7 Å². The third kappa shape index (κ3) is 4.96. The number of nitrogen functional groups attached to an aromatic ring is 1. The Hall–Kier alpha value is -3.70. The lowest BCUT2D eigenvalue weighted by Crippen LogP contribution is -2.54. The molecule has 0 aliphatic carbocycles. The number of para-hydroxylation sites is 1. The third-order valence-corrected chi connectivity index (χ3v) is 7.52. The summed E-state index contributed by atoms with van der Waals surface area (Å²) in [5.41, 5.74) is 8.36. The highest BCUT2D eigenvalue weighted by Gasteiger charge is 2.42. The first-order valence-corrected chi connectivity index (χ1v) is 13.0. The van der Waals surface area contributed by atoms with Gasteiger partial charge in [-0.3, -0.25) is 4.90 Å². The molecule has 3 fully saturated rings. The lowest BCUT2D eigenvalue weighted by atomic mass is 10.1. The monoisotopic (exact) mass is 503 g/mol. The largest absolute Gasteiger partial charge is 0.507 e. The SMILES string of the molecule is Nc1nnc(-c2ccccc2O)cc1N1CC2CCC(C1)N2c1nccc(OCCN2CCNCC2)n1. The van der Waals surface area contributed by atoms with Crippen LogP contribution in [0.4, 0.5) is 17.5 Å². The number of ether oxygens (including phenoxy) is 1. The summed E-state index contributed by atoms with van der Waals surface area (Å²) in [4.78, 5) is 16.4. The van der Waals surface area contributed by atoms with E-state index in [0.29, 0.717) is 29.6 Å². The van der Waals surface area contributed by atoms with E-state index in [4.69, 9.17) is 15.5 Å². The van der Waals surface area contributed by atoms with Gasteiger partial charge in [-0.15, -0.1) is 10.2 Å². The molecule has 2 unspecified atom stereocenters. The second kappa shape index (κ2) is 10.3. The van der Waals surface area contributed by atoms with E-state index < -0.39 is 0 Å². The summed E-state index contributed by atoms with van der Waals surface area (Å²) < 4.78 is 6.00. The minimum atomic E-state index is 0.171. The average molecular weight is 504 g/mol. The molecule has 3 aliphatic heterocycles. The van der Waals surface area contributed by atoms with Crippen molar-refractivity contribution < 1.29 is 9.84 Å². The van der Waals surface area contributed by atoms with Crippen LogP contribution >= 0.6 is 0 Å². The van der Waals surface area contributed by atoms with Crippen molar-refractivity contribution in [1.29, 1.82) is 0 Å². The van der Waals surface area contributed by atoms with E-state index in [2.05, 4.69) is 35.2 Å². The van der Waals surface area contributed by atoms with E-state index in [9.17, 15) is 5.11 Å². The van der Waals surface area contributed by atoms with Gasteiger partial charge >= 0.3 is 0 Å². The molecule has 3 saturated heterocycles. The number of fused-ring (bicyclic) bond motifs is 2. The Morgan fingerprint density at radius 2 is 1.84 bits per heavy atom. The van der Waals surface area contributed by atoms with Crippen LogP contribution in [-0.2, 0) is 0 Å². The maximum absolute atomic E-state index is 10.3. The zero-order chi connectivity index (χ0) is 25.2. The summed E-state index contributed by atoms with van der Waals surface area (Å²) in [6.45, 7) is 7.25. The Morgan fingerprint density at radius 3 is 2.62 bits per heavy atom. The maximum Gasteiger partial charge on any atom is 0.229 e. The summed E-state index contributed by atoms with van der Waals surface area (Å²) in [5.74, 6) is 1.91. The lowest BCUT2D eigenvalue weighted by molar-refractivity contribution is 0.188. The molecule has 11 heteroatoms. The highest BCUT2D eigenvalue weighted by atomic mass is 16.5. The predicted molar refractivity (Wildman–Crippen MR) is 142 cm³/mol. The van der Waals surface area contributed by atoms with Crippen LogP contribution in [0.15, 0.2) is 42.6 Å². The van der Waals surface area contributed by atoms with Crippen molar-refractivity contribution in [3.05, 3.63) is 42.6 Å². The Labute approximate surface area is 216 Å². The van der Waals surface area contributed by atoms with E-state index in [-0.39, 0.29) is 17.8 Å². The van der Waals surface area contributed by atoms with Crippen LogP contribution in [0.5, 0.6) is 11.6 Å². The summed E-state index contributed by atoms with van der Waals surface area (Å²) >= 11 is 0. The molecule has 11 nitrogen and oxygen atoms in total. The van der Waals surface area contributed by atoms with Crippen LogP contribution in [0.3, 0.4) is 0 Å². The Bertz CT molecular complexity index is 1220. The van der Waals surface area contributed by atoms with Crippen molar-refractivity contribution in [2.75, 3.05) is 68.0 Å². The van der Waals surface area contributed by atoms with Gasteiger partial charge in [0.05, 0.1) is 11.4 Å². The number of anilines is 3. The first-order chi connectivity index (χ1) is 18.2. The number of phenolic OH excluding ortho intramolecular Hbond substituents is 1. The van der Waals surface area contributed by atoms with Gasteiger partial charge in [-0.2, -0.15) is 4.98 Å². The normalized spacial score (nSPS) is 21.8. The van der Waals surface area contributed by atoms with Gasteiger partial charge in [0, 0.05) is 75.7 Å². The Morgan fingerprint density at radius 1 is 1.05 bits per heavy atom. The fraction of sp³-hybridized carbons (Fsp3) is 0.462. The molecule has 0 radical (unpaired) electrons. The number of aromatic nitrogens is 4. The van der Waals surface area contributed by atoms with E-state index in [0.717, 1.165) is 70.3 Å². The number of nitrogens with one attached hydrogen (secondary N) is 1. The minimum absolute atomic E-state index is 0.171.